The molecule has 2 heterocycles. The Balaban J connectivity index is 0.00000380. The second kappa shape index (κ2) is 11.2. The summed E-state index contributed by atoms with van der Waals surface area (Å²) in [6, 6.07) is 10.8. The van der Waals surface area contributed by atoms with Crippen molar-refractivity contribution in [2.75, 3.05) is 0 Å². The number of carboxylic acid groups (broad SMARTS) is 1. The van der Waals surface area contributed by atoms with Crippen LogP contribution in [-0.2, 0) is 25.6 Å². The SMILES string of the molecule is CC1(C)S[C@@H]2[C@H](NC(=O)C(NC(=O)Cc3ccc([N+](=O)[O-])cc3)c3ccccc3)C(=O)N2[C@H]1C(=O)[O-].[Na+]. The third-order valence-electron chi connectivity index (χ3n) is 6.17. The number of nitro benzene ring substituents is 1. The normalized spacial score (nSPS) is 22.1. The van der Waals surface area contributed by atoms with Crippen molar-refractivity contribution in [1.82, 2.24) is 15.5 Å². The summed E-state index contributed by atoms with van der Waals surface area (Å²) in [4.78, 5) is 61.9. The van der Waals surface area contributed by atoms with Gasteiger partial charge in [0.05, 0.1) is 23.4 Å². The summed E-state index contributed by atoms with van der Waals surface area (Å²) in [6.07, 6.45) is -0.120. The van der Waals surface area contributed by atoms with Crippen LogP contribution in [0.5, 0.6) is 0 Å². The van der Waals surface area contributed by atoms with E-state index in [1.165, 1.54) is 40.9 Å². The number of hydrogen-bond donors (Lipinski definition) is 2. The number of carbonyl (C=O) groups excluding carboxylic acids is 4. The van der Waals surface area contributed by atoms with Crippen LogP contribution in [0.2, 0.25) is 0 Å². The van der Waals surface area contributed by atoms with Crippen LogP contribution in [0.3, 0.4) is 0 Å². The van der Waals surface area contributed by atoms with Gasteiger partial charge in [0, 0.05) is 16.9 Å². The molecule has 0 bridgehead atoms. The number of rotatable bonds is 8. The second-order valence-corrected chi connectivity index (χ2v) is 10.8. The van der Waals surface area contributed by atoms with Crippen molar-refractivity contribution in [2.45, 2.75) is 48.5 Å². The Morgan fingerprint density at radius 1 is 1.11 bits per heavy atom. The van der Waals surface area contributed by atoms with E-state index in [0.717, 1.165) is 0 Å². The average Bonchev–Trinajstić information content (AvgIpc) is 3.09. The van der Waals surface area contributed by atoms with E-state index >= 15 is 0 Å². The minimum atomic E-state index is -1.35. The molecule has 3 amide bonds. The number of carboxylic acids is 1. The smallest absolute Gasteiger partial charge is 0.548 e. The molecule has 2 aliphatic rings. The fourth-order valence-corrected chi connectivity index (χ4v) is 6.06. The Hall–Kier alpha value is -2.93. The topological polar surface area (TPSA) is 162 Å². The molecule has 13 heteroatoms. The second-order valence-electron chi connectivity index (χ2n) is 9.08. The molecule has 2 aromatic carbocycles. The molecule has 11 nitrogen and oxygen atoms in total. The fourth-order valence-electron chi connectivity index (χ4n) is 4.44. The van der Waals surface area contributed by atoms with Crippen LogP contribution in [0.25, 0.3) is 0 Å². The summed E-state index contributed by atoms with van der Waals surface area (Å²) in [5.41, 5.74) is 0.907. The zero-order valence-electron chi connectivity index (χ0n) is 20.4. The van der Waals surface area contributed by atoms with E-state index in [1.54, 1.807) is 44.2 Å². The first-order valence-electron chi connectivity index (χ1n) is 11.1. The fraction of sp³-hybridized carbons (Fsp3) is 0.333. The molecule has 2 N–H and O–H groups in total. The Bertz CT molecular complexity index is 1230. The van der Waals surface area contributed by atoms with Gasteiger partial charge in [-0.2, -0.15) is 0 Å². The quantitative estimate of drug-likeness (QED) is 0.160. The maximum absolute atomic E-state index is 13.3. The molecule has 0 aliphatic carbocycles. The largest absolute Gasteiger partial charge is 1.00 e. The van der Waals surface area contributed by atoms with Crippen LogP contribution in [-0.4, -0.2) is 55.7 Å². The van der Waals surface area contributed by atoms with Gasteiger partial charge in [-0.3, -0.25) is 24.5 Å². The van der Waals surface area contributed by atoms with E-state index in [-0.39, 0.29) is 41.7 Å². The molecular weight excluding hydrogens is 511 g/mol. The number of carbonyl (C=O) groups is 4. The van der Waals surface area contributed by atoms with Crippen molar-refractivity contribution in [3.05, 3.63) is 75.8 Å². The summed E-state index contributed by atoms with van der Waals surface area (Å²) in [5, 5.41) is 27.2. The number of nitro groups is 1. The van der Waals surface area contributed by atoms with Gasteiger partial charge < -0.3 is 25.4 Å². The number of amides is 3. The third kappa shape index (κ3) is 5.82. The molecule has 0 saturated carbocycles. The number of fused-ring (bicyclic) bond motifs is 1. The van der Waals surface area contributed by atoms with Crippen molar-refractivity contribution >= 4 is 41.1 Å². The first-order chi connectivity index (χ1) is 17.0. The summed E-state index contributed by atoms with van der Waals surface area (Å²) >= 11 is 1.27. The number of hydrogen-bond acceptors (Lipinski definition) is 8. The molecule has 0 radical (unpaired) electrons. The molecule has 2 fully saturated rings. The number of benzene rings is 2. The molecule has 4 rings (SSSR count). The van der Waals surface area contributed by atoms with E-state index in [9.17, 15) is 34.4 Å². The van der Waals surface area contributed by atoms with Gasteiger partial charge in [-0.1, -0.05) is 42.5 Å². The number of β-lactam (4-membered cyclic amide) rings is 1. The van der Waals surface area contributed by atoms with E-state index in [1.807, 2.05) is 0 Å². The first-order valence-corrected chi connectivity index (χ1v) is 12.0. The molecule has 2 aromatic rings. The molecule has 4 atom stereocenters. The Morgan fingerprint density at radius 3 is 2.30 bits per heavy atom. The monoisotopic (exact) mass is 534 g/mol. The molecule has 188 valence electrons. The van der Waals surface area contributed by atoms with E-state index in [0.29, 0.717) is 11.1 Å². The Kier molecular flexibility index (Phi) is 8.68. The zero-order chi connectivity index (χ0) is 26.2. The van der Waals surface area contributed by atoms with E-state index in [2.05, 4.69) is 10.6 Å². The number of nitrogens with one attached hydrogen (secondary N) is 2. The van der Waals surface area contributed by atoms with Gasteiger partial charge in [0.2, 0.25) is 17.7 Å². The van der Waals surface area contributed by atoms with Gasteiger partial charge in [-0.25, -0.2) is 0 Å². The number of thioether (sulfide) groups is 1. The van der Waals surface area contributed by atoms with E-state index in [4.69, 9.17) is 0 Å². The molecule has 2 aliphatic heterocycles. The van der Waals surface area contributed by atoms with Gasteiger partial charge in [-0.05, 0) is 25.0 Å². The predicted molar refractivity (Wildman–Crippen MR) is 127 cm³/mol. The van der Waals surface area contributed by atoms with Crippen LogP contribution in [0.15, 0.2) is 54.6 Å². The number of nitrogens with zero attached hydrogens (tertiary/aromatic N) is 2. The van der Waals surface area contributed by atoms with Crippen molar-refractivity contribution in [1.29, 1.82) is 0 Å². The van der Waals surface area contributed by atoms with Gasteiger partial charge >= 0.3 is 29.6 Å². The average molecular weight is 535 g/mol. The molecule has 0 spiro atoms. The molecule has 2 saturated heterocycles. The minimum absolute atomic E-state index is 0. The Morgan fingerprint density at radius 2 is 1.73 bits per heavy atom. The van der Waals surface area contributed by atoms with E-state index < -0.39 is 56.9 Å². The molecule has 37 heavy (non-hydrogen) atoms. The Labute approximate surface area is 238 Å². The van der Waals surface area contributed by atoms with Crippen molar-refractivity contribution < 1.29 is 58.8 Å². The zero-order valence-corrected chi connectivity index (χ0v) is 23.2. The number of non-ortho nitro benzene ring substituents is 1. The van der Waals surface area contributed by atoms with Crippen LogP contribution < -0.4 is 45.3 Å². The van der Waals surface area contributed by atoms with Crippen molar-refractivity contribution in [3.63, 3.8) is 0 Å². The van der Waals surface area contributed by atoms with Gasteiger partial charge in [0.1, 0.15) is 17.5 Å². The maximum Gasteiger partial charge on any atom is 1.00 e. The van der Waals surface area contributed by atoms with Gasteiger partial charge in [0.15, 0.2) is 0 Å². The molecule has 0 aromatic heterocycles. The molecule has 1 unspecified atom stereocenters. The third-order valence-corrected chi connectivity index (χ3v) is 7.75. The van der Waals surface area contributed by atoms with Crippen molar-refractivity contribution in [3.8, 4) is 0 Å². The minimum Gasteiger partial charge on any atom is -0.548 e. The standard InChI is InChI=1S/C24H24N4O7S.Na/c1-24(2)19(23(32)33)27-21(31)18(22(27)36-24)26-20(30)17(14-6-4-3-5-7-14)25-16(29)12-13-8-10-15(11-9-13)28(34)35;/h3-11,17-19,22H,12H2,1-2H3,(H,25,29)(H,26,30)(H,32,33);/q;+1/p-1/t17?,18-,19+,22-;/m1./s1. The first kappa shape index (κ1) is 28.6. The maximum atomic E-state index is 13.3. The number of aliphatic carboxylic acids is 1. The summed E-state index contributed by atoms with van der Waals surface area (Å²) in [7, 11) is 0. The summed E-state index contributed by atoms with van der Waals surface area (Å²) in [6.45, 7) is 3.40. The summed E-state index contributed by atoms with van der Waals surface area (Å²) in [5.74, 6) is -2.99. The van der Waals surface area contributed by atoms with Crippen LogP contribution >= 0.6 is 11.8 Å². The van der Waals surface area contributed by atoms with Crippen LogP contribution in [0, 0.1) is 10.1 Å². The van der Waals surface area contributed by atoms with Crippen LogP contribution in [0.1, 0.15) is 31.0 Å². The van der Waals surface area contributed by atoms with Gasteiger partial charge in [-0.15, -0.1) is 11.8 Å². The van der Waals surface area contributed by atoms with Crippen LogP contribution in [0.4, 0.5) is 5.69 Å². The summed E-state index contributed by atoms with van der Waals surface area (Å²) < 4.78 is -0.795. The predicted octanol–water partition coefficient (Wildman–Crippen LogP) is -2.70. The van der Waals surface area contributed by atoms with Crippen molar-refractivity contribution in [2.24, 2.45) is 0 Å². The van der Waals surface area contributed by atoms with Gasteiger partial charge in [0.25, 0.3) is 5.69 Å². The molecular formula is C24H23N4NaO7S.